The Morgan fingerprint density at radius 2 is 1.94 bits per heavy atom. The highest BCUT2D eigenvalue weighted by Gasteiger charge is 2.40. The molecule has 18 heavy (non-hydrogen) atoms. The van der Waals surface area contributed by atoms with Gasteiger partial charge in [-0.1, -0.05) is 20.8 Å². The number of alkyl halides is 3. The lowest BCUT2D eigenvalue weighted by Crippen LogP contribution is -2.55. The Morgan fingerprint density at radius 3 is 2.44 bits per heavy atom. The maximum Gasteiger partial charge on any atom is 0.401 e. The van der Waals surface area contributed by atoms with Gasteiger partial charge in [-0.15, -0.1) is 0 Å². The van der Waals surface area contributed by atoms with E-state index in [-0.39, 0.29) is 17.5 Å². The molecule has 0 amide bonds. The van der Waals surface area contributed by atoms with Gasteiger partial charge in [0.2, 0.25) is 0 Å². The van der Waals surface area contributed by atoms with Gasteiger partial charge in [0.1, 0.15) is 0 Å². The summed E-state index contributed by atoms with van der Waals surface area (Å²) in [6.07, 6.45) is -0.854. The van der Waals surface area contributed by atoms with Crippen molar-refractivity contribution < 1.29 is 13.2 Å². The lowest BCUT2D eigenvalue weighted by Gasteiger charge is -2.45. The Hall–Kier alpha value is -0.290. The van der Waals surface area contributed by atoms with E-state index in [1.54, 1.807) is 0 Å². The molecule has 108 valence electrons. The number of hydrogen-bond acceptors (Lipinski definition) is 2. The van der Waals surface area contributed by atoms with E-state index >= 15 is 0 Å². The van der Waals surface area contributed by atoms with Gasteiger partial charge in [0.25, 0.3) is 0 Å². The van der Waals surface area contributed by atoms with Crippen LogP contribution in [0.3, 0.4) is 0 Å². The molecule has 1 aliphatic rings. The molecule has 2 atom stereocenters. The molecule has 0 heterocycles. The van der Waals surface area contributed by atoms with Gasteiger partial charge in [0, 0.05) is 12.1 Å². The monoisotopic (exact) mass is 266 g/mol. The van der Waals surface area contributed by atoms with E-state index in [4.69, 9.17) is 5.73 Å². The number of nitrogens with two attached hydrogens (primary N) is 1. The Kier molecular flexibility index (Phi) is 5.06. The van der Waals surface area contributed by atoms with E-state index in [1.165, 1.54) is 4.90 Å². The van der Waals surface area contributed by atoms with Crippen LogP contribution in [0, 0.1) is 5.41 Å². The highest BCUT2D eigenvalue weighted by molar-refractivity contribution is 4.93. The quantitative estimate of drug-likeness (QED) is 0.847. The summed E-state index contributed by atoms with van der Waals surface area (Å²) in [6.45, 7) is 5.76. The Balaban J connectivity index is 2.76. The molecule has 2 nitrogen and oxygen atoms in total. The largest absolute Gasteiger partial charge is 0.401 e. The lowest BCUT2D eigenvalue weighted by atomic mass is 9.72. The number of nitrogens with zero attached hydrogens (tertiary/aromatic N) is 1. The van der Waals surface area contributed by atoms with Crippen molar-refractivity contribution in [2.24, 2.45) is 11.1 Å². The van der Waals surface area contributed by atoms with Crippen LogP contribution in [0.5, 0.6) is 0 Å². The highest BCUT2D eigenvalue weighted by atomic mass is 19.4. The molecule has 0 aromatic rings. The fourth-order valence-electron chi connectivity index (χ4n) is 2.85. The Bertz CT molecular complexity index is 263. The second kappa shape index (κ2) is 5.78. The Labute approximate surface area is 108 Å². The molecule has 0 radical (unpaired) electrons. The number of rotatable bonds is 4. The van der Waals surface area contributed by atoms with Crippen molar-refractivity contribution in [1.29, 1.82) is 0 Å². The Morgan fingerprint density at radius 1 is 1.33 bits per heavy atom. The molecule has 0 bridgehead atoms. The predicted octanol–water partition coefficient (Wildman–Crippen LogP) is 3.17. The summed E-state index contributed by atoms with van der Waals surface area (Å²) >= 11 is 0. The van der Waals surface area contributed by atoms with E-state index in [0.29, 0.717) is 6.54 Å². The van der Waals surface area contributed by atoms with Crippen molar-refractivity contribution in [2.45, 2.75) is 64.7 Å². The summed E-state index contributed by atoms with van der Waals surface area (Å²) in [7, 11) is 0. The zero-order chi connectivity index (χ0) is 14.0. The van der Waals surface area contributed by atoms with Gasteiger partial charge in [-0.05, 0) is 37.6 Å². The predicted molar refractivity (Wildman–Crippen MR) is 67.3 cm³/mol. The normalized spacial score (nSPS) is 28.7. The van der Waals surface area contributed by atoms with Gasteiger partial charge in [0.15, 0.2) is 0 Å². The third-order valence-corrected chi connectivity index (χ3v) is 3.77. The first kappa shape index (κ1) is 15.8. The lowest BCUT2D eigenvalue weighted by molar-refractivity contribution is -0.154. The second-order valence-corrected chi connectivity index (χ2v) is 6.22. The third kappa shape index (κ3) is 4.76. The van der Waals surface area contributed by atoms with Crippen LogP contribution >= 0.6 is 0 Å². The van der Waals surface area contributed by atoms with Crippen LogP contribution in [0.4, 0.5) is 13.2 Å². The van der Waals surface area contributed by atoms with Crippen LogP contribution < -0.4 is 5.73 Å². The maximum absolute atomic E-state index is 12.6. The molecule has 0 saturated heterocycles. The van der Waals surface area contributed by atoms with E-state index in [1.807, 2.05) is 6.92 Å². The van der Waals surface area contributed by atoms with E-state index in [0.717, 1.165) is 25.7 Å². The van der Waals surface area contributed by atoms with Crippen molar-refractivity contribution >= 4 is 0 Å². The van der Waals surface area contributed by atoms with Gasteiger partial charge in [0.05, 0.1) is 6.54 Å². The van der Waals surface area contributed by atoms with Gasteiger partial charge in [-0.2, -0.15) is 13.2 Å². The fraction of sp³-hybridized carbons (Fsp3) is 1.00. The first-order chi connectivity index (χ1) is 8.14. The zero-order valence-electron chi connectivity index (χ0n) is 11.6. The molecule has 1 saturated carbocycles. The van der Waals surface area contributed by atoms with E-state index in [2.05, 4.69) is 13.8 Å². The van der Waals surface area contributed by atoms with Gasteiger partial charge in [-0.25, -0.2) is 0 Å². The molecule has 2 N–H and O–H groups in total. The number of hydrogen-bond donors (Lipinski definition) is 1. The molecular weight excluding hydrogens is 241 g/mol. The van der Waals surface area contributed by atoms with Crippen LogP contribution in [0.1, 0.15) is 46.5 Å². The minimum Gasteiger partial charge on any atom is -0.326 e. The standard InChI is InChI=1S/C13H25F3N2/c1-4-7-18(9-13(14,15)16)11-8-12(2,3)6-5-10(11)17/h10-11H,4-9,17H2,1-3H3. The summed E-state index contributed by atoms with van der Waals surface area (Å²) in [5.41, 5.74) is 6.14. The molecule has 1 aliphatic carbocycles. The van der Waals surface area contributed by atoms with Crippen molar-refractivity contribution in [2.75, 3.05) is 13.1 Å². The SMILES string of the molecule is CCCN(CC(F)(F)F)C1CC(C)(C)CCC1N. The van der Waals surface area contributed by atoms with Gasteiger partial charge in [-0.3, -0.25) is 4.90 Å². The topological polar surface area (TPSA) is 29.3 Å². The summed E-state index contributed by atoms with van der Waals surface area (Å²) in [5.74, 6) is 0. The molecular formula is C13H25F3N2. The van der Waals surface area contributed by atoms with Crippen LogP contribution in [0.25, 0.3) is 0 Å². The molecule has 0 aromatic heterocycles. The average Bonchev–Trinajstić information content (AvgIpc) is 2.19. The average molecular weight is 266 g/mol. The first-order valence-corrected chi connectivity index (χ1v) is 6.71. The van der Waals surface area contributed by atoms with E-state index in [9.17, 15) is 13.2 Å². The zero-order valence-corrected chi connectivity index (χ0v) is 11.6. The molecule has 0 aromatic carbocycles. The first-order valence-electron chi connectivity index (χ1n) is 6.71. The third-order valence-electron chi connectivity index (χ3n) is 3.77. The van der Waals surface area contributed by atoms with Crippen molar-refractivity contribution in [3.8, 4) is 0 Å². The molecule has 2 unspecified atom stereocenters. The van der Waals surface area contributed by atoms with Gasteiger partial charge >= 0.3 is 6.18 Å². The van der Waals surface area contributed by atoms with Gasteiger partial charge < -0.3 is 5.73 Å². The number of halogens is 3. The van der Waals surface area contributed by atoms with Crippen molar-refractivity contribution in [3.63, 3.8) is 0 Å². The maximum atomic E-state index is 12.6. The van der Waals surface area contributed by atoms with Crippen LogP contribution in [0.2, 0.25) is 0 Å². The molecule has 5 heteroatoms. The van der Waals surface area contributed by atoms with Crippen molar-refractivity contribution in [1.82, 2.24) is 4.90 Å². The van der Waals surface area contributed by atoms with E-state index < -0.39 is 12.7 Å². The minimum atomic E-state index is -4.14. The van der Waals surface area contributed by atoms with Crippen LogP contribution in [-0.4, -0.2) is 36.2 Å². The fourth-order valence-corrected chi connectivity index (χ4v) is 2.85. The van der Waals surface area contributed by atoms with Crippen LogP contribution in [-0.2, 0) is 0 Å². The molecule has 0 aliphatic heterocycles. The smallest absolute Gasteiger partial charge is 0.326 e. The molecule has 1 fully saturated rings. The van der Waals surface area contributed by atoms with Crippen LogP contribution in [0.15, 0.2) is 0 Å². The molecule has 0 spiro atoms. The summed E-state index contributed by atoms with van der Waals surface area (Å²) in [6, 6.07) is -0.276. The summed E-state index contributed by atoms with van der Waals surface area (Å²) in [5, 5.41) is 0. The second-order valence-electron chi connectivity index (χ2n) is 6.22. The highest BCUT2D eigenvalue weighted by Crippen LogP contribution is 2.37. The summed E-state index contributed by atoms with van der Waals surface area (Å²) in [4.78, 5) is 1.53. The molecule has 1 rings (SSSR count). The minimum absolute atomic E-state index is 0.0954. The summed E-state index contributed by atoms with van der Waals surface area (Å²) < 4.78 is 37.9. The van der Waals surface area contributed by atoms with Crippen molar-refractivity contribution in [3.05, 3.63) is 0 Å².